The van der Waals surface area contributed by atoms with Gasteiger partial charge in [0.1, 0.15) is 4.88 Å². The summed E-state index contributed by atoms with van der Waals surface area (Å²) in [6.07, 6.45) is 0. The number of carboxylic acids is 1. The van der Waals surface area contributed by atoms with Gasteiger partial charge in [-0.05, 0) is 42.1 Å². The van der Waals surface area contributed by atoms with E-state index in [1.165, 1.54) is 23.6 Å². The molecule has 2 N–H and O–H groups in total. The Hall–Kier alpha value is -1.38. The van der Waals surface area contributed by atoms with Gasteiger partial charge in [-0.1, -0.05) is 15.9 Å². The van der Waals surface area contributed by atoms with Crippen LogP contribution in [0.5, 0.6) is 0 Å². The van der Waals surface area contributed by atoms with E-state index in [1.807, 2.05) is 0 Å². The summed E-state index contributed by atoms with van der Waals surface area (Å²) in [4.78, 5) is 11.0. The number of benzene rings is 1. The Bertz CT molecular complexity index is 768. The van der Waals surface area contributed by atoms with E-state index < -0.39 is 16.0 Å². The maximum Gasteiger partial charge on any atom is 0.348 e. The molecule has 0 saturated carbocycles. The summed E-state index contributed by atoms with van der Waals surface area (Å²) >= 11 is 4.26. The van der Waals surface area contributed by atoms with Crippen LogP contribution in [0.15, 0.2) is 39.0 Å². The highest BCUT2D eigenvalue weighted by molar-refractivity contribution is 9.10. The van der Waals surface area contributed by atoms with E-state index in [-0.39, 0.29) is 15.5 Å². The molecule has 2 aromatic rings. The molecule has 0 spiro atoms. The van der Waals surface area contributed by atoms with Crippen molar-refractivity contribution in [3.05, 3.63) is 44.6 Å². The Morgan fingerprint density at radius 1 is 1.35 bits per heavy atom. The largest absolute Gasteiger partial charge is 0.477 e. The number of nitrogens with one attached hydrogen (secondary N) is 1. The van der Waals surface area contributed by atoms with Crippen molar-refractivity contribution >= 4 is 48.9 Å². The van der Waals surface area contributed by atoms with E-state index in [4.69, 9.17) is 5.11 Å². The van der Waals surface area contributed by atoms with Gasteiger partial charge in [0, 0.05) is 4.47 Å². The molecule has 0 amide bonds. The number of thiophene rings is 1. The number of halogens is 1. The van der Waals surface area contributed by atoms with Gasteiger partial charge in [0.15, 0.2) is 0 Å². The molecule has 0 unspecified atom stereocenters. The average molecular weight is 376 g/mol. The lowest BCUT2D eigenvalue weighted by Crippen LogP contribution is -2.14. The number of anilines is 1. The minimum absolute atomic E-state index is 0.0394. The van der Waals surface area contributed by atoms with E-state index in [0.717, 1.165) is 21.4 Å². The van der Waals surface area contributed by atoms with Crippen LogP contribution >= 0.6 is 27.3 Å². The maximum atomic E-state index is 12.2. The lowest BCUT2D eigenvalue weighted by atomic mass is 10.2. The maximum absolute atomic E-state index is 12.2. The molecule has 0 fully saturated rings. The van der Waals surface area contributed by atoms with Gasteiger partial charge in [0.2, 0.25) is 0 Å². The molecular weight excluding hydrogens is 366 g/mol. The van der Waals surface area contributed by atoms with Crippen molar-refractivity contribution in [3.63, 3.8) is 0 Å². The van der Waals surface area contributed by atoms with Crippen LogP contribution in [0.1, 0.15) is 15.2 Å². The first kappa shape index (κ1) is 15.0. The Morgan fingerprint density at radius 3 is 2.65 bits per heavy atom. The molecule has 0 saturated heterocycles. The molecule has 0 bridgehead atoms. The number of carbonyl (C=O) groups is 1. The molecule has 1 aromatic heterocycles. The summed E-state index contributed by atoms with van der Waals surface area (Å²) in [6.45, 7) is 1.77. The molecule has 5 nitrogen and oxygen atoms in total. The van der Waals surface area contributed by atoms with Crippen molar-refractivity contribution in [2.75, 3.05) is 4.72 Å². The summed E-state index contributed by atoms with van der Waals surface area (Å²) in [6, 6.07) is 6.03. The zero-order chi connectivity index (χ0) is 14.9. The Balaban J connectivity index is 2.38. The zero-order valence-electron chi connectivity index (χ0n) is 10.3. The summed E-state index contributed by atoms with van der Waals surface area (Å²) in [7, 11) is -3.81. The predicted octanol–water partition coefficient (Wildman–Crippen LogP) is 3.32. The number of rotatable bonds is 4. The molecule has 106 valence electrons. The van der Waals surface area contributed by atoms with Gasteiger partial charge in [-0.2, -0.15) is 0 Å². The molecule has 2 rings (SSSR count). The van der Waals surface area contributed by atoms with E-state index in [0.29, 0.717) is 0 Å². The van der Waals surface area contributed by atoms with Crippen LogP contribution in [-0.4, -0.2) is 19.5 Å². The summed E-state index contributed by atoms with van der Waals surface area (Å²) < 4.78 is 27.5. The minimum atomic E-state index is -3.81. The van der Waals surface area contributed by atoms with Crippen molar-refractivity contribution in [3.8, 4) is 0 Å². The molecule has 20 heavy (non-hydrogen) atoms. The van der Waals surface area contributed by atoms with Crippen molar-refractivity contribution in [1.29, 1.82) is 0 Å². The third-order valence-corrected chi connectivity index (χ3v) is 5.70. The molecule has 1 aromatic carbocycles. The van der Waals surface area contributed by atoms with Gasteiger partial charge in [0.25, 0.3) is 10.0 Å². The van der Waals surface area contributed by atoms with Crippen LogP contribution in [0, 0.1) is 6.92 Å². The molecule has 0 radical (unpaired) electrons. The first-order chi connectivity index (χ1) is 9.31. The summed E-state index contributed by atoms with van der Waals surface area (Å²) in [5, 5.41) is 10.5. The highest BCUT2D eigenvalue weighted by Gasteiger charge is 2.19. The van der Waals surface area contributed by atoms with Crippen LogP contribution in [0.4, 0.5) is 5.69 Å². The summed E-state index contributed by atoms with van der Waals surface area (Å²) in [5.41, 5.74) is 0.847. The second kappa shape index (κ2) is 5.55. The van der Waals surface area contributed by atoms with Gasteiger partial charge >= 0.3 is 5.97 Å². The van der Waals surface area contributed by atoms with Crippen LogP contribution in [-0.2, 0) is 10.0 Å². The smallest absolute Gasteiger partial charge is 0.348 e. The number of hydrogen-bond acceptors (Lipinski definition) is 4. The molecule has 8 heteroatoms. The fraction of sp³-hybridized carbons (Fsp3) is 0.0833. The van der Waals surface area contributed by atoms with Crippen LogP contribution in [0.3, 0.4) is 0 Å². The molecule has 1 heterocycles. The van der Waals surface area contributed by atoms with Crippen LogP contribution in [0.25, 0.3) is 0 Å². The topological polar surface area (TPSA) is 83.5 Å². The fourth-order valence-electron chi connectivity index (χ4n) is 1.54. The van der Waals surface area contributed by atoms with Gasteiger partial charge < -0.3 is 5.11 Å². The lowest BCUT2D eigenvalue weighted by molar-refractivity contribution is 0.0703. The monoisotopic (exact) mass is 375 g/mol. The molecule has 0 aliphatic heterocycles. The SMILES string of the molecule is Cc1cc(S(=O)(=O)Nc2ccsc2C(=O)O)ccc1Br. The standard InChI is InChI=1S/C12H10BrNO4S2/c1-7-6-8(2-3-9(7)13)20(17,18)14-10-4-5-19-11(10)12(15)16/h2-6,14H,1H3,(H,15,16). The van der Waals surface area contributed by atoms with E-state index in [1.54, 1.807) is 13.0 Å². The number of sulfonamides is 1. The number of aryl methyl sites for hydroxylation is 1. The van der Waals surface area contributed by atoms with E-state index >= 15 is 0 Å². The van der Waals surface area contributed by atoms with Gasteiger partial charge in [-0.15, -0.1) is 11.3 Å². The highest BCUT2D eigenvalue weighted by atomic mass is 79.9. The van der Waals surface area contributed by atoms with E-state index in [2.05, 4.69) is 20.7 Å². The number of aromatic carboxylic acids is 1. The summed E-state index contributed by atoms with van der Waals surface area (Å²) in [5.74, 6) is -1.16. The van der Waals surface area contributed by atoms with Crippen molar-refractivity contribution in [2.24, 2.45) is 0 Å². The van der Waals surface area contributed by atoms with Crippen molar-refractivity contribution in [2.45, 2.75) is 11.8 Å². The fourth-order valence-corrected chi connectivity index (χ4v) is 3.70. The third-order valence-electron chi connectivity index (χ3n) is 2.54. The van der Waals surface area contributed by atoms with Crippen LogP contribution < -0.4 is 4.72 Å². The van der Waals surface area contributed by atoms with Crippen LogP contribution in [0.2, 0.25) is 0 Å². The highest BCUT2D eigenvalue weighted by Crippen LogP contribution is 2.26. The Labute approximate surface area is 128 Å². The first-order valence-corrected chi connectivity index (χ1v) is 8.56. The minimum Gasteiger partial charge on any atom is -0.477 e. The van der Waals surface area contributed by atoms with Crippen molar-refractivity contribution in [1.82, 2.24) is 0 Å². The second-order valence-corrected chi connectivity index (χ2v) is 7.44. The average Bonchev–Trinajstić information content (AvgIpc) is 2.80. The third kappa shape index (κ3) is 3.02. The molecule has 0 atom stereocenters. The predicted molar refractivity (Wildman–Crippen MR) is 81.0 cm³/mol. The molecular formula is C12H10BrNO4S2. The number of hydrogen-bond donors (Lipinski definition) is 2. The second-order valence-electron chi connectivity index (χ2n) is 3.99. The quantitative estimate of drug-likeness (QED) is 0.858. The Morgan fingerprint density at radius 2 is 2.05 bits per heavy atom. The lowest BCUT2D eigenvalue weighted by Gasteiger charge is -2.09. The van der Waals surface area contributed by atoms with Gasteiger partial charge in [-0.25, -0.2) is 13.2 Å². The molecule has 0 aliphatic carbocycles. The molecule has 0 aliphatic rings. The Kier molecular flexibility index (Phi) is 4.17. The first-order valence-electron chi connectivity index (χ1n) is 5.41. The van der Waals surface area contributed by atoms with Gasteiger partial charge in [-0.3, -0.25) is 4.72 Å². The number of carboxylic acid groups (broad SMARTS) is 1. The van der Waals surface area contributed by atoms with E-state index in [9.17, 15) is 13.2 Å². The zero-order valence-corrected chi connectivity index (χ0v) is 13.5. The van der Waals surface area contributed by atoms with Gasteiger partial charge in [0.05, 0.1) is 10.6 Å². The van der Waals surface area contributed by atoms with Crippen molar-refractivity contribution < 1.29 is 18.3 Å². The normalized spacial score (nSPS) is 11.3.